The molecule has 28 heavy (non-hydrogen) atoms. The monoisotopic (exact) mass is 372 g/mol. The van der Waals surface area contributed by atoms with E-state index in [0.717, 1.165) is 27.7 Å². The summed E-state index contributed by atoms with van der Waals surface area (Å²) in [7, 11) is 0. The summed E-state index contributed by atoms with van der Waals surface area (Å²) in [6.45, 7) is 4.01. The zero-order valence-electron chi connectivity index (χ0n) is 15.7. The third-order valence-electron chi connectivity index (χ3n) is 4.64. The molecule has 1 atom stereocenters. The van der Waals surface area contributed by atoms with Crippen LogP contribution in [0.5, 0.6) is 0 Å². The van der Waals surface area contributed by atoms with Gasteiger partial charge in [-0.05, 0) is 32.0 Å². The van der Waals surface area contributed by atoms with Crippen molar-refractivity contribution in [2.45, 2.75) is 26.4 Å². The van der Waals surface area contributed by atoms with E-state index in [1.165, 1.54) is 0 Å². The highest BCUT2D eigenvalue weighted by atomic mass is 16.2. The van der Waals surface area contributed by atoms with E-state index < -0.39 is 0 Å². The van der Waals surface area contributed by atoms with E-state index in [1.54, 1.807) is 29.5 Å². The Morgan fingerprint density at radius 3 is 2.71 bits per heavy atom. The van der Waals surface area contributed by atoms with Crippen molar-refractivity contribution in [3.05, 3.63) is 72.4 Å². The van der Waals surface area contributed by atoms with Gasteiger partial charge in [-0.1, -0.05) is 18.2 Å². The first-order chi connectivity index (χ1) is 13.6. The SMILES string of the molecule is Cc1nc(-c2ccncc2)ncc1C(C)NC(=O)Cn1ncc2ccccc21. The molecule has 3 aromatic heterocycles. The van der Waals surface area contributed by atoms with Crippen molar-refractivity contribution in [2.24, 2.45) is 0 Å². The fourth-order valence-electron chi connectivity index (χ4n) is 3.19. The minimum absolute atomic E-state index is 0.112. The number of amides is 1. The lowest BCUT2D eigenvalue weighted by Gasteiger charge is -2.16. The molecule has 7 heteroatoms. The minimum atomic E-state index is -0.208. The molecule has 1 unspecified atom stereocenters. The predicted molar refractivity (Wildman–Crippen MR) is 106 cm³/mol. The van der Waals surface area contributed by atoms with Crippen LogP contribution < -0.4 is 5.32 Å². The lowest BCUT2D eigenvalue weighted by Crippen LogP contribution is -2.31. The van der Waals surface area contributed by atoms with Crippen molar-refractivity contribution in [1.29, 1.82) is 0 Å². The van der Waals surface area contributed by atoms with Crippen molar-refractivity contribution in [2.75, 3.05) is 0 Å². The van der Waals surface area contributed by atoms with Crippen molar-refractivity contribution < 1.29 is 4.79 Å². The van der Waals surface area contributed by atoms with Crippen molar-refractivity contribution in [3.8, 4) is 11.4 Å². The molecule has 3 heterocycles. The molecule has 0 bridgehead atoms. The highest BCUT2D eigenvalue weighted by Gasteiger charge is 2.15. The molecule has 1 aromatic carbocycles. The predicted octanol–water partition coefficient (Wildman–Crippen LogP) is 3.07. The topological polar surface area (TPSA) is 85.6 Å². The summed E-state index contributed by atoms with van der Waals surface area (Å²) in [5.41, 5.74) is 3.56. The van der Waals surface area contributed by atoms with Gasteiger partial charge in [-0.15, -0.1) is 0 Å². The first kappa shape index (κ1) is 17.8. The average Bonchev–Trinajstić information content (AvgIpc) is 3.11. The van der Waals surface area contributed by atoms with Crippen molar-refractivity contribution in [3.63, 3.8) is 0 Å². The third kappa shape index (κ3) is 3.59. The smallest absolute Gasteiger partial charge is 0.242 e. The molecule has 0 saturated heterocycles. The Balaban J connectivity index is 1.47. The van der Waals surface area contributed by atoms with E-state index in [1.807, 2.05) is 50.2 Å². The molecular weight excluding hydrogens is 352 g/mol. The molecule has 0 aliphatic heterocycles. The number of fused-ring (bicyclic) bond motifs is 1. The summed E-state index contributed by atoms with van der Waals surface area (Å²) < 4.78 is 1.70. The molecule has 0 saturated carbocycles. The molecular formula is C21H20N6O. The first-order valence-electron chi connectivity index (χ1n) is 9.05. The van der Waals surface area contributed by atoms with Crippen molar-refractivity contribution in [1.82, 2.24) is 30.0 Å². The van der Waals surface area contributed by atoms with Gasteiger partial charge in [0.05, 0.1) is 17.8 Å². The molecule has 4 rings (SSSR count). The van der Waals surface area contributed by atoms with Crippen LogP contribution >= 0.6 is 0 Å². The molecule has 1 N–H and O–H groups in total. The molecule has 0 radical (unpaired) electrons. The van der Waals surface area contributed by atoms with Crippen LogP contribution in [0.4, 0.5) is 0 Å². The number of hydrogen-bond acceptors (Lipinski definition) is 5. The summed E-state index contributed by atoms with van der Waals surface area (Å²) in [5.74, 6) is 0.532. The van der Waals surface area contributed by atoms with Gasteiger partial charge >= 0.3 is 0 Å². The van der Waals surface area contributed by atoms with Gasteiger partial charge in [-0.2, -0.15) is 5.10 Å². The second kappa shape index (κ2) is 7.56. The fourth-order valence-corrected chi connectivity index (χ4v) is 3.19. The standard InChI is InChI=1S/C21H20N6O/c1-14(18-12-23-21(26-15(18)2)16-7-9-22-10-8-16)25-20(28)13-27-19-6-4-3-5-17(19)11-24-27/h3-12,14H,13H2,1-2H3,(H,25,28). The van der Waals surface area contributed by atoms with Crippen LogP contribution in [-0.4, -0.2) is 30.6 Å². The number of nitrogens with zero attached hydrogens (tertiary/aromatic N) is 5. The number of rotatable bonds is 5. The zero-order valence-corrected chi connectivity index (χ0v) is 15.7. The first-order valence-corrected chi connectivity index (χ1v) is 9.05. The lowest BCUT2D eigenvalue weighted by molar-refractivity contribution is -0.122. The summed E-state index contributed by atoms with van der Waals surface area (Å²) in [6, 6.07) is 11.4. The van der Waals surface area contributed by atoms with Crippen LogP contribution in [0.25, 0.3) is 22.3 Å². The van der Waals surface area contributed by atoms with Gasteiger partial charge in [-0.3, -0.25) is 14.5 Å². The molecule has 0 fully saturated rings. The van der Waals surface area contributed by atoms with E-state index >= 15 is 0 Å². The van der Waals surface area contributed by atoms with Crippen molar-refractivity contribution >= 4 is 16.8 Å². The molecule has 1 amide bonds. The van der Waals surface area contributed by atoms with E-state index in [4.69, 9.17) is 0 Å². The highest BCUT2D eigenvalue weighted by Crippen LogP contribution is 2.19. The van der Waals surface area contributed by atoms with Crippen LogP contribution in [-0.2, 0) is 11.3 Å². The fraction of sp³-hybridized carbons (Fsp3) is 0.190. The Kier molecular flexibility index (Phi) is 4.80. The maximum absolute atomic E-state index is 12.5. The van der Waals surface area contributed by atoms with Gasteiger partial charge in [0.1, 0.15) is 6.54 Å². The normalized spacial score (nSPS) is 12.1. The van der Waals surface area contributed by atoms with E-state index in [0.29, 0.717) is 5.82 Å². The van der Waals surface area contributed by atoms with Gasteiger partial charge < -0.3 is 5.32 Å². The molecule has 7 nitrogen and oxygen atoms in total. The number of aromatic nitrogens is 5. The van der Waals surface area contributed by atoms with Gasteiger partial charge in [0.25, 0.3) is 0 Å². The molecule has 140 valence electrons. The van der Waals surface area contributed by atoms with Crippen LogP contribution in [0.15, 0.2) is 61.2 Å². The maximum Gasteiger partial charge on any atom is 0.242 e. The Bertz CT molecular complexity index is 1120. The molecule has 0 aliphatic carbocycles. The summed E-state index contributed by atoms with van der Waals surface area (Å²) in [6.07, 6.45) is 6.96. The number of benzene rings is 1. The summed E-state index contributed by atoms with van der Waals surface area (Å²) in [5, 5.41) is 8.33. The number of hydrogen-bond donors (Lipinski definition) is 1. The second-order valence-corrected chi connectivity index (χ2v) is 6.62. The van der Waals surface area contributed by atoms with Crippen LogP contribution in [0.1, 0.15) is 24.2 Å². The average molecular weight is 372 g/mol. The zero-order chi connectivity index (χ0) is 19.5. The number of carbonyl (C=O) groups is 1. The number of nitrogens with one attached hydrogen (secondary N) is 1. The van der Waals surface area contributed by atoms with Gasteiger partial charge in [-0.25, -0.2) is 9.97 Å². The number of pyridine rings is 1. The Labute approximate surface area is 162 Å². The third-order valence-corrected chi connectivity index (χ3v) is 4.64. The molecule has 0 spiro atoms. The van der Waals surface area contributed by atoms with E-state index in [9.17, 15) is 4.79 Å². The Morgan fingerprint density at radius 2 is 1.93 bits per heavy atom. The minimum Gasteiger partial charge on any atom is -0.348 e. The number of aryl methyl sites for hydroxylation is 1. The van der Waals surface area contributed by atoms with Crippen LogP contribution in [0, 0.1) is 6.92 Å². The quantitative estimate of drug-likeness (QED) is 0.582. The molecule has 0 aliphatic rings. The lowest BCUT2D eigenvalue weighted by atomic mass is 10.1. The van der Waals surface area contributed by atoms with Gasteiger partial charge in [0.15, 0.2) is 5.82 Å². The maximum atomic E-state index is 12.5. The van der Waals surface area contributed by atoms with Gasteiger partial charge in [0, 0.05) is 40.8 Å². The van der Waals surface area contributed by atoms with E-state index in [-0.39, 0.29) is 18.5 Å². The Hall–Kier alpha value is -3.61. The largest absolute Gasteiger partial charge is 0.348 e. The van der Waals surface area contributed by atoms with E-state index in [2.05, 4.69) is 25.4 Å². The number of para-hydroxylation sites is 1. The Morgan fingerprint density at radius 1 is 1.14 bits per heavy atom. The highest BCUT2D eigenvalue weighted by molar-refractivity contribution is 5.82. The second-order valence-electron chi connectivity index (χ2n) is 6.62. The van der Waals surface area contributed by atoms with Crippen LogP contribution in [0.2, 0.25) is 0 Å². The summed E-state index contributed by atoms with van der Waals surface area (Å²) in [4.78, 5) is 25.6. The number of carbonyl (C=O) groups excluding carboxylic acids is 1. The van der Waals surface area contributed by atoms with Gasteiger partial charge in [0.2, 0.25) is 5.91 Å². The summed E-state index contributed by atoms with van der Waals surface area (Å²) >= 11 is 0. The van der Waals surface area contributed by atoms with Crippen LogP contribution in [0.3, 0.4) is 0 Å². The molecule has 4 aromatic rings.